The molecule has 0 radical (unpaired) electrons. The number of hydrogen-bond donors (Lipinski definition) is 1. The van der Waals surface area contributed by atoms with Crippen LogP contribution < -0.4 is 0 Å². The maximum atomic E-state index is 11.0. The minimum absolute atomic E-state index is 0.0503. The zero-order chi connectivity index (χ0) is 9.56. The van der Waals surface area contributed by atoms with Gasteiger partial charge in [-0.25, -0.2) is 4.79 Å². The van der Waals surface area contributed by atoms with E-state index in [1.54, 1.807) is 13.8 Å². The van der Waals surface area contributed by atoms with E-state index in [1.807, 2.05) is 0 Å². The summed E-state index contributed by atoms with van der Waals surface area (Å²) in [6.07, 6.45) is 0.876. The fourth-order valence-corrected chi connectivity index (χ4v) is 1.35. The first-order valence-corrected chi connectivity index (χ1v) is 5.00. The summed E-state index contributed by atoms with van der Waals surface area (Å²) in [4.78, 5) is 11.0. The minimum Gasteiger partial charge on any atom is -0.460 e. The predicted molar refractivity (Wildman–Crippen MR) is 45.1 cm³/mol. The fraction of sp³-hybridized carbons (Fsp3) is 0.571. The van der Waals surface area contributed by atoms with Crippen molar-refractivity contribution in [1.29, 1.82) is 0 Å². The molecule has 1 unspecified atom stereocenters. The van der Waals surface area contributed by atoms with Gasteiger partial charge < -0.3 is 9.84 Å². The molecule has 0 amide bonds. The molecule has 0 aliphatic heterocycles. The van der Waals surface area contributed by atoms with Crippen LogP contribution in [0.25, 0.3) is 0 Å². The van der Waals surface area contributed by atoms with Crippen molar-refractivity contribution >= 4 is 13.8 Å². The van der Waals surface area contributed by atoms with Crippen LogP contribution >= 0.6 is 7.80 Å². The van der Waals surface area contributed by atoms with Crippen LogP contribution in [0.2, 0.25) is 0 Å². The highest BCUT2D eigenvalue weighted by molar-refractivity contribution is 7.50. The second kappa shape index (κ2) is 5.86. The molecule has 0 aliphatic carbocycles. The Morgan fingerprint density at radius 2 is 2.25 bits per heavy atom. The Bertz CT molecular complexity index is 209. The number of hydrogen-bond acceptors (Lipinski definition) is 4. The molecular formula is C7H12O4P+. The minimum atomic E-state index is -2.00. The lowest BCUT2D eigenvalue weighted by Crippen LogP contribution is -2.05. The van der Waals surface area contributed by atoms with Crippen LogP contribution in [0.4, 0.5) is 0 Å². The SMILES string of the molecule is CC=C(C(=O)OCC)[P+](=O)CO. The van der Waals surface area contributed by atoms with E-state index in [0.29, 0.717) is 0 Å². The molecule has 1 N–H and O–H groups in total. The molecule has 0 saturated carbocycles. The Balaban J connectivity index is 4.37. The lowest BCUT2D eigenvalue weighted by Gasteiger charge is -1.95. The number of aliphatic hydroxyl groups excluding tert-OH is 1. The lowest BCUT2D eigenvalue weighted by atomic mass is 10.5. The molecule has 0 spiro atoms. The van der Waals surface area contributed by atoms with Gasteiger partial charge in [0, 0.05) is 0 Å². The summed E-state index contributed by atoms with van der Waals surface area (Å²) in [6.45, 7) is 3.48. The van der Waals surface area contributed by atoms with Gasteiger partial charge in [-0.3, -0.25) is 0 Å². The molecule has 0 fully saturated rings. The van der Waals surface area contributed by atoms with Gasteiger partial charge in [-0.05, 0) is 19.9 Å². The highest BCUT2D eigenvalue weighted by Crippen LogP contribution is 2.31. The van der Waals surface area contributed by atoms with E-state index >= 15 is 0 Å². The van der Waals surface area contributed by atoms with Gasteiger partial charge in [-0.15, -0.1) is 0 Å². The normalized spacial score (nSPS) is 12.6. The van der Waals surface area contributed by atoms with Gasteiger partial charge >= 0.3 is 13.8 Å². The van der Waals surface area contributed by atoms with Crippen molar-refractivity contribution in [2.75, 3.05) is 13.0 Å². The van der Waals surface area contributed by atoms with Crippen LogP contribution in [0.1, 0.15) is 13.8 Å². The van der Waals surface area contributed by atoms with Crippen molar-refractivity contribution in [2.24, 2.45) is 0 Å². The van der Waals surface area contributed by atoms with E-state index in [1.165, 1.54) is 6.08 Å². The number of allylic oxidation sites excluding steroid dienone is 1. The number of carbonyl (C=O) groups excluding carboxylic acids is 1. The molecule has 0 aromatic heterocycles. The summed E-state index contributed by atoms with van der Waals surface area (Å²) >= 11 is 0. The predicted octanol–water partition coefficient (Wildman–Crippen LogP) is 1.23. The van der Waals surface area contributed by atoms with Gasteiger partial charge in [0.25, 0.3) is 5.31 Å². The number of carbonyl (C=O) groups is 1. The molecule has 5 heteroatoms. The molecule has 0 aliphatic rings. The van der Waals surface area contributed by atoms with Crippen LogP contribution in [0.15, 0.2) is 11.4 Å². The zero-order valence-corrected chi connectivity index (χ0v) is 8.01. The zero-order valence-electron chi connectivity index (χ0n) is 7.11. The third-order valence-electron chi connectivity index (χ3n) is 1.16. The van der Waals surface area contributed by atoms with Crippen molar-refractivity contribution in [3.05, 3.63) is 11.4 Å². The first kappa shape index (κ1) is 11.3. The maximum Gasteiger partial charge on any atom is 0.412 e. The van der Waals surface area contributed by atoms with E-state index in [9.17, 15) is 9.36 Å². The van der Waals surface area contributed by atoms with Crippen LogP contribution in [-0.4, -0.2) is 24.0 Å². The van der Waals surface area contributed by atoms with Gasteiger partial charge in [0.2, 0.25) is 6.35 Å². The maximum absolute atomic E-state index is 11.0. The van der Waals surface area contributed by atoms with Gasteiger partial charge in [-0.1, -0.05) is 4.57 Å². The number of rotatable bonds is 4. The average Bonchev–Trinajstić information content (AvgIpc) is 2.06. The lowest BCUT2D eigenvalue weighted by molar-refractivity contribution is -0.137. The largest absolute Gasteiger partial charge is 0.460 e. The van der Waals surface area contributed by atoms with Gasteiger partial charge in [0.05, 0.1) is 6.61 Å². The van der Waals surface area contributed by atoms with Crippen LogP contribution in [0.5, 0.6) is 0 Å². The molecule has 12 heavy (non-hydrogen) atoms. The smallest absolute Gasteiger partial charge is 0.412 e. The Kier molecular flexibility index (Phi) is 5.51. The summed E-state index contributed by atoms with van der Waals surface area (Å²) in [5.74, 6) is -0.616. The van der Waals surface area contributed by atoms with Crippen molar-refractivity contribution in [1.82, 2.24) is 0 Å². The standard InChI is InChI=1S/C7H12O4P/c1-3-6(12(10)5-8)7(9)11-4-2/h3,8H,4-5H2,1-2H3/q+1. The van der Waals surface area contributed by atoms with Gasteiger partial charge in [0.15, 0.2) is 0 Å². The van der Waals surface area contributed by atoms with Crippen molar-refractivity contribution in [3.8, 4) is 0 Å². The van der Waals surface area contributed by atoms with Crippen molar-refractivity contribution in [2.45, 2.75) is 13.8 Å². The summed E-state index contributed by atoms with van der Waals surface area (Å²) in [7, 11) is -2.00. The third-order valence-corrected chi connectivity index (χ3v) is 2.39. The van der Waals surface area contributed by atoms with E-state index < -0.39 is 20.1 Å². The summed E-state index contributed by atoms with van der Waals surface area (Å²) in [5.41, 5.74) is 0. The Labute approximate surface area is 72.0 Å². The Morgan fingerprint density at radius 3 is 2.58 bits per heavy atom. The fourth-order valence-electron chi connectivity index (χ4n) is 0.645. The highest BCUT2D eigenvalue weighted by atomic mass is 31.1. The number of ether oxygens (including phenoxy) is 1. The second-order valence-electron chi connectivity index (χ2n) is 1.91. The van der Waals surface area contributed by atoms with Crippen LogP contribution in [-0.2, 0) is 14.1 Å². The second-order valence-corrected chi connectivity index (χ2v) is 3.44. The van der Waals surface area contributed by atoms with E-state index in [0.717, 1.165) is 0 Å². The van der Waals surface area contributed by atoms with E-state index in [4.69, 9.17) is 5.11 Å². The summed E-state index contributed by atoms with van der Waals surface area (Å²) < 4.78 is 15.6. The summed E-state index contributed by atoms with van der Waals surface area (Å²) in [6, 6.07) is 0. The van der Waals surface area contributed by atoms with Gasteiger partial charge in [-0.2, -0.15) is 0 Å². The molecule has 0 saturated heterocycles. The van der Waals surface area contributed by atoms with Gasteiger partial charge in [0.1, 0.15) is 0 Å². The van der Waals surface area contributed by atoms with Crippen LogP contribution in [0.3, 0.4) is 0 Å². The third kappa shape index (κ3) is 3.11. The van der Waals surface area contributed by atoms with Crippen molar-refractivity contribution < 1.29 is 19.2 Å². The molecule has 68 valence electrons. The van der Waals surface area contributed by atoms with Crippen molar-refractivity contribution in [3.63, 3.8) is 0 Å². The highest BCUT2D eigenvalue weighted by Gasteiger charge is 2.29. The molecule has 0 rings (SSSR count). The number of aliphatic hydroxyl groups is 1. The quantitative estimate of drug-likeness (QED) is 0.412. The Morgan fingerprint density at radius 1 is 1.67 bits per heavy atom. The monoisotopic (exact) mass is 191 g/mol. The molecule has 0 aromatic rings. The molecule has 0 aromatic carbocycles. The Hall–Kier alpha value is -0.730. The van der Waals surface area contributed by atoms with Crippen LogP contribution in [0, 0.1) is 0 Å². The topological polar surface area (TPSA) is 63.6 Å². The molecule has 4 nitrogen and oxygen atoms in total. The first-order chi connectivity index (χ1) is 5.67. The van der Waals surface area contributed by atoms with E-state index in [2.05, 4.69) is 4.74 Å². The number of esters is 1. The van der Waals surface area contributed by atoms with E-state index in [-0.39, 0.29) is 11.9 Å². The molecular weight excluding hydrogens is 179 g/mol. The first-order valence-electron chi connectivity index (χ1n) is 3.56. The summed E-state index contributed by atoms with van der Waals surface area (Å²) in [5, 5.41) is 8.57. The average molecular weight is 191 g/mol. The molecule has 0 heterocycles. The molecule has 0 bridgehead atoms. The molecule has 1 atom stereocenters.